The Balaban J connectivity index is 1.61. The number of hydrazone groups is 1. The summed E-state index contributed by atoms with van der Waals surface area (Å²) in [4.78, 5) is 12.3. The Hall–Kier alpha value is -2.76. The molecule has 0 aliphatic heterocycles. The summed E-state index contributed by atoms with van der Waals surface area (Å²) in [5.74, 6) is 3.57. The van der Waals surface area contributed by atoms with Crippen molar-refractivity contribution in [2.24, 2.45) is 11.0 Å². The molecule has 1 aromatic carbocycles. The highest BCUT2D eigenvalue weighted by molar-refractivity contribution is 5.95. The molecule has 1 aliphatic rings. The average Bonchev–Trinajstić information content (AvgIpc) is 3.15. The van der Waals surface area contributed by atoms with Gasteiger partial charge in [-0.25, -0.2) is 5.43 Å². The molecule has 26 heavy (non-hydrogen) atoms. The molecule has 1 N–H and O–H groups in total. The van der Waals surface area contributed by atoms with E-state index in [1.807, 2.05) is 26.0 Å². The van der Waals surface area contributed by atoms with Crippen LogP contribution in [0.25, 0.3) is 0 Å². The highest BCUT2D eigenvalue weighted by atomic mass is 16.5. The molecular weight excluding hydrogens is 332 g/mol. The molecule has 0 radical (unpaired) electrons. The number of ether oxygens (including phenoxy) is 2. The fraction of sp³-hybridized carbons (Fsp3) is 0.400. The molecule has 2 atom stereocenters. The van der Waals surface area contributed by atoms with Gasteiger partial charge in [0.05, 0.1) is 19.4 Å². The van der Waals surface area contributed by atoms with Gasteiger partial charge in [0.1, 0.15) is 11.5 Å². The van der Waals surface area contributed by atoms with E-state index in [4.69, 9.17) is 13.9 Å². The SMILES string of the molecule is COc1cc(C(=O)N/N=C\c2ccc([C@H]3C[C@H]3C)o2)ccc1OC(C)C. The van der Waals surface area contributed by atoms with Crippen molar-refractivity contribution in [3.05, 3.63) is 47.4 Å². The lowest BCUT2D eigenvalue weighted by molar-refractivity contribution is 0.0954. The quantitative estimate of drug-likeness (QED) is 0.602. The van der Waals surface area contributed by atoms with Crippen molar-refractivity contribution >= 4 is 12.1 Å². The van der Waals surface area contributed by atoms with E-state index < -0.39 is 0 Å². The first-order chi connectivity index (χ1) is 12.5. The van der Waals surface area contributed by atoms with Crippen LogP contribution in [0.5, 0.6) is 11.5 Å². The minimum absolute atomic E-state index is 0.0185. The van der Waals surface area contributed by atoms with Gasteiger partial charge in [-0.3, -0.25) is 4.79 Å². The van der Waals surface area contributed by atoms with Crippen molar-refractivity contribution < 1.29 is 18.7 Å². The standard InChI is InChI=1S/C20H24N2O4/c1-12(2)25-18-7-5-14(10-19(18)24-4)20(23)22-21-11-15-6-8-17(26-15)16-9-13(16)3/h5-8,10-13,16H,9H2,1-4H3,(H,22,23)/b21-11-/t13-,16+/m1/s1. The van der Waals surface area contributed by atoms with Crippen LogP contribution < -0.4 is 14.9 Å². The van der Waals surface area contributed by atoms with Crippen LogP contribution in [0.4, 0.5) is 0 Å². The molecule has 138 valence electrons. The molecule has 1 amide bonds. The van der Waals surface area contributed by atoms with Crippen LogP contribution in [0, 0.1) is 5.92 Å². The maximum atomic E-state index is 12.3. The fourth-order valence-corrected chi connectivity index (χ4v) is 2.73. The molecule has 1 heterocycles. The summed E-state index contributed by atoms with van der Waals surface area (Å²) in [6.45, 7) is 6.06. The zero-order valence-corrected chi connectivity index (χ0v) is 15.5. The molecule has 1 aromatic heterocycles. The minimum atomic E-state index is -0.335. The Morgan fingerprint density at radius 1 is 1.31 bits per heavy atom. The number of furan rings is 1. The number of amides is 1. The Morgan fingerprint density at radius 2 is 2.08 bits per heavy atom. The van der Waals surface area contributed by atoms with Crippen molar-refractivity contribution in [3.63, 3.8) is 0 Å². The molecule has 1 aliphatic carbocycles. The molecular formula is C20H24N2O4. The minimum Gasteiger partial charge on any atom is -0.493 e. The molecule has 3 rings (SSSR count). The van der Waals surface area contributed by atoms with E-state index in [9.17, 15) is 4.79 Å². The largest absolute Gasteiger partial charge is 0.493 e. The van der Waals surface area contributed by atoms with Crippen LogP contribution in [0.15, 0.2) is 39.9 Å². The van der Waals surface area contributed by atoms with Gasteiger partial charge in [0.15, 0.2) is 11.5 Å². The summed E-state index contributed by atoms with van der Waals surface area (Å²) in [6, 6.07) is 8.84. The molecule has 1 fully saturated rings. The molecule has 6 heteroatoms. The first-order valence-corrected chi connectivity index (χ1v) is 8.75. The predicted octanol–water partition coefficient (Wildman–Crippen LogP) is 3.96. The van der Waals surface area contributed by atoms with Crippen LogP contribution in [-0.2, 0) is 0 Å². The number of hydrogen-bond acceptors (Lipinski definition) is 5. The van der Waals surface area contributed by atoms with Crippen molar-refractivity contribution in [3.8, 4) is 11.5 Å². The van der Waals surface area contributed by atoms with E-state index in [1.165, 1.54) is 19.7 Å². The Labute approximate surface area is 153 Å². The van der Waals surface area contributed by atoms with Gasteiger partial charge in [-0.1, -0.05) is 6.92 Å². The van der Waals surface area contributed by atoms with E-state index in [0.717, 1.165) is 5.76 Å². The van der Waals surface area contributed by atoms with Gasteiger partial charge < -0.3 is 13.9 Å². The summed E-state index contributed by atoms with van der Waals surface area (Å²) in [5.41, 5.74) is 2.93. The summed E-state index contributed by atoms with van der Waals surface area (Å²) >= 11 is 0. The lowest BCUT2D eigenvalue weighted by Gasteiger charge is -2.14. The normalized spacial score (nSPS) is 19.0. The molecule has 0 unspecified atom stereocenters. The molecule has 0 saturated heterocycles. The van der Waals surface area contributed by atoms with Gasteiger partial charge >= 0.3 is 0 Å². The smallest absolute Gasteiger partial charge is 0.271 e. The van der Waals surface area contributed by atoms with Crippen molar-refractivity contribution in [2.75, 3.05) is 7.11 Å². The molecule has 0 bridgehead atoms. The van der Waals surface area contributed by atoms with Crippen LogP contribution in [-0.4, -0.2) is 25.3 Å². The maximum absolute atomic E-state index is 12.3. The zero-order chi connectivity index (χ0) is 18.7. The van der Waals surface area contributed by atoms with Gasteiger partial charge in [-0.05, 0) is 56.5 Å². The fourth-order valence-electron chi connectivity index (χ4n) is 2.73. The van der Waals surface area contributed by atoms with Crippen LogP contribution in [0.1, 0.15) is 55.0 Å². The van der Waals surface area contributed by atoms with Gasteiger partial charge in [0.2, 0.25) is 0 Å². The second-order valence-electron chi connectivity index (χ2n) is 6.79. The van der Waals surface area contributed by atoms with Gasteiger partial charge in [0, 0.05) is 11.5 Å². The van der Waals surface area contributed by atoms with Crippen molar-refractivity contribution in [1.82, 2.24) is 5.43 Å². The number of methoxy groups -OCH3 is 1. The molecule has 0 spiro atoms. The Kier molecular flexibility index (Phi) is 5.30. The van der Waals surface area contributed by atoms with Gasteiger partial charge in [-0.2, -0.15) is 5.10 Å². The van der Waals surface area contributed by atoms with E-state index in [2.05, 4.69) is 17.5 Å². The average molecular weight is 356 g/mol. The maximum Gasteiger partial charge on any atom is 0.271 e. The number of rotatable bonds is 7. The van der Waals surface area contributed by atoms with Gasteiger partial charge in [0.25, 0.3) is 5.91 Å². The third-order valence-corrected chi connectivity index (χ3v) is 4.27. The van der Waals surface area contributed by atoms with E-state index in [1.54, 1.807) is 18.2 Å². The van der Waals surface area contributed by atoms with Crippen molar-refractivity contribution in [1.29, 1.82) is 0 Å². The third-order valence-electron chi connectivity index (χ3n) is 4.27. The first-order valence-electron chi connectivity index (χ1n) is 8.75. The van der Waals surface area contributed by atoms with E-state index >= 15 is 0 Å². The van der Waals surface area contributed by atoms with E-state index in [-0.39, 0.29) is 12.0 Å². The van der Waals surface area contributed by atoms with Crippen molar-refractivity contribution in [2.45, 2.75) is 39.2 Å². The summed E-state index contributed by atoms with van der Waals surface area (Å²) in [6.07, 6.45) is 2.69. The summed E-state index contributed by atoms with van der Waals surface area (Å²) in [7, 11) is 1.54. The number of carbonyl (C=O) groups is 1. The second-order valence-corrected chi connectivity index (χ2v) is 6.79. The lowest BCUT2D eigenvalue weighted by Crippen LogP contribution is -2.17. The first kappa shape index (κ1) is 18.0. The molecule has 1 saturated carbocycles. The highest BCUT2D eigenvalue weighted by Crippen LogP contribution is 2.47. The Morgan fingerprint density at radius 3 is 2.73 bits per heavy atom. The molecule has 6 nitrogen and oxygen atoms in total. The topological polar surface area (TPSA) is 73.1 Å². The Bertz CT molecular complexity index is 810. The number of benzene rings is 1. The number of hydrogen-bond donors (Lipinski definition) is 1. The van der Waals surface area contributed by atoms with Crippen LogP contribution >= 0.6 is 0 Å². The van der Waals surface area contributed by atoms with Crippen LogP contribution in [0.3, 0.4) is 0 Å². The third kappa shape index (κ3) is 4.25. The second kappa shape index (κ2) is 7.64. The van der Waals surface area contributed by atoms with Gasteiger partial charge in [-0.15, -0.1) is 0 Å². The summed E-state index contributed by atoms with van der Waals surface area (Å²) < 4.78 is 16.7. The molecule has 2 aromatic rings. The number of nitrogens with one attached hydrogen (secondary N) is 1. The lowest BCUT2D eigenvalue weighted by atomic mass is 10.2. The highest BCUT2D eigenvalue weighted by Gasteiger charge is 2.36. The van der Waals surface area contributed by atoms with E-state index in [0.29, 0.717) is 34.7 Å². The number of nitrogens with zero attached hydrogens (tertiary/aromatic N) is 1. The predicted molar refractivity (Wildman–Crippen MR) is 99.0 cm³/mol. The van der Waals surface area contributed by atoms with Crippen LogP contribution in [0.2, 0.25) is 0 Å². The summed E-state index contributed by atoms with van der Waals surface area (Å²) in [5, 5.41) is 3.97. The number of carbonyl (C=O) groups excluding carboxylic acids is 1. The zero-order valence-electron chi connectivity index (χ0n) is 15.5. The monoisotopic (exact) mass is 356 g/mol.